The molecule has 0 amide bonds. The van der Waals surface area contributed by atoms with Gasteiger partial charge in [0.2, 0.25) is 0 Å². The van der Waals surface area contributed by atoms with Crippen LogP contribution in [0.2, 0.25) is 5.02 Å². The van der Waals surface area contributed by atoms with Crippen LogP contribution in [-0.4, -0.2) is 52.1 Å². The highest BCUT2D eigenvalue weighted by Crippen LogP contribution is 2.22. The average Bonchev–Trinajstić information content (AvgIpc) is 3.30. The van der Waals surface area contributed by atoms with E-state index in [9.17, 15) is 0 Å². The summed E-state index contributed by atoms with van der Waals surface area (Å²) in [5, 5.41) is 12.6. The number of nitrogens with zero attached hydrogens (tertiary/aromatic N) is 5. The van der Waals surface area contributed by atoms with E-state index < -0.39 is 0 Å². The van der Waals surface area contributed by atoms with E-state index in [4.69, 9.17) is 21.8 Å². The van der Waals surface area contributed by atoms with Gasteiger partial charge in [0, 0.05) is 55.1 Å². The largest absolute Gasteiger partial charge is 0.295 e. The molecular weight excluding hydrogens is 430 g/mol. The Morgan fingerprint density at radius 1 is 0.818 bits per heavy atom. The second-order valence-corrected chi connectivity index (χ2v) is 8.62. The highest BCUT2D eigenvalue weighted by molar-refractivity contribution is 6.30. The van der Waals surface area contributed by atoms with Crippen LogP contribution in [0.25, 0.3) is 16.9 Å². The minimum absolute atomic E-state index is 0.781. The molecule has 5 nitrogen and oxygen atoms in total. The third-order valence-corrected chi connectivity index (χ3v) is 6.09. The fourth-order valence-corrected chi connectivity index (χ4v) is 4.14. The van der Waals surface area contributed by atoms with Gasteiger partial charge in [-0.3, -0.25) is 9.91 Å². The lowest BCUT2D eigenvalue weighted by Crippen LogP contribution is -2.43. The molecule has 0 aliphatic carbocycles. The lowest BCUT2D eigenvalue weighted by molar-refractivity contribution is 0.131. The lowest BCUT2D eigenvalue weighted by Gasteiger charge is -2.33. The van der Waals surface area contributed by atoms with Crippen molar-refractivity contribution in [2.45, 2.75) is 6.54 Å². The molecule has 4 aromatic rings. The van der Waals surface area contributed by atoms with Gasteiger partial charge in [-0.2, -0.15) is 10.2 Å². The first-order valence-corrected chi connectivity index (χ1v) is 11.6. The fourth-order valence-electron chi connectivity index (χ4n) is 4.02. The molecule has 0 saturated carbocycles. The number of aromatic nitrogens is 2. The molecule has 0 spiro atoms. The van der Waals surface area contributed by atoms with Crippen molar-refractivity contribution in [2.75, 3.05) is 26.2 Å². The first kappa shape index (κ1) is 21.4. The van der Waals surface area contributed by atoms with E-state index in [-0.39, 0.29) is 0 Å². The zero-order chi connectivity index (χ0) is 22.5. The molecule has 1 aliphatic heterocycles. The van der Waals surface area contributed by atoms with Crippen LogP contribution in [0.3, 0.4) is 0 Å². The van der Waals surface area contributed by atoms with Crippen molar-refractivity contribution in [3.8, 4) is 16.9 Å². The molecule has 2 heterocycles. The predicted molar refractivity (Wildman–Crippen MR) is 135 cm³/mol. The second kappa shape index (κ2) is 10.0. The zero-order valence-electron chi connectivity index (χ0n) is 18.4. The Labute approximate surface area is 199 Å². The topological polar surface area (TPSA) is 36.7 Å². The maximum atomic E-state index is 6.00. The van der Waals surface area contributed by atoms with E-state index >= 15 is 0 Å². The Morgan fingerprint density at radius 3 is 2.18 bits per heavy atom. The molecule has 3 aromatic carbocycles. The van der Waals surface area contributed by atoms with E-state index in [0.717, 1.165) is 60.3 Å². The lowest BCUT2D eigenvalue weighted by atomic mass is 10.1. The van der Waals surface area contributed by atoms with Crippen molar-refractivity contribution in [2.24, 2.45) is 5.10 Å². The molecule has 0 N–H and O–H groups in total. The van der Waals surface area contributed by atoms with Crippen molar-refractivity contribution in [3.05, 3.63) is 107 Å². The van der Waals surface area contributed by atoms with E-state index in [1.807, 2.05) is 59.4 Å². The Morgan fingerprint density at radius 2 is 1.48 bits per heavy atom. The summed E-state index contributed by atoms with van der Waals surface area (Å²) in [6, 6.07) is 28.6. The SMILES string of the molecule is Clc1ccc(CN2CCN(/N=C\c3cn(-c4ccccc4)nc3-c3ccccc3)CC2)cc1. The highest BCUT2D eigenvalue weighted by atomic mass is 35.5. The standard InChI is InChI=1S/C27H26ClN5/c28-25-13-11-22(12-14-25)20-31-15-17-32(18-16-31)29-19-24-21-33(26-9-5-2-6-10-26)30-27(24)23-7-3-1-4-8-23/h1-14,19,21H,15-18,20H2/b29-19-. The molecule has 1 fully saturated rings. The number of para-hydroxylation sites is 1. The molecule has 1 saturated heterocycles. The molecule has 1 aliphatic rings. The van der Waals surface area contributed by atoms with Crippen LogP contribution in [-0.2, 0) is 6.54 Å². The summed E-state index contributed by atoms with van der Waals surface area (Å²) in [6.45, 7) is 4.70. The molecule has 0 unspecified atom stereocenters. The van der Waals surface area contributed by atoms with Gasteiger partial charge >= 0.3 is 0 Å². The monoisotopic (exact) mass is 455 g/mol. The van der Waals surface area contributed by atoms with Crippen molar-refractivity contribution in [1.82, 2.24) is 19.7 Å². The van der Waals surface area contributed by atoms with Crippen molar-refractivity contribution in [1.29, 1.82) is 0 Å². The number of hydrogen-bond acceptors (Lipinski definition) is 4. The summed E-state index contributed by atoms with van der Waals surface area (Å²) >= 11 is 6.00. The first-order chi connectivity index (χ1) is 16.2. The van der Waals surface area contributed by atoms with E-state index in [2.05, 4.69) is 52.5 Å². The number of hydrazone groups is 1. The highest BCUT2D eigenvalue weighted by Gasteiger charge is 2.16. The van der Waals surface area contributed by atoms with Crippen LogP contribution in [0.15, 0.2) is 96.2 Å². The molecule has 6 heteroatoms. The van der Waals surface area contributed by atoms with Crippen molar-refractivity contribution < 1.29 is 0 Å². The predicted octanol–water partition coefficient (Wildman–Crippen LogP) is 5.34. The van der Waals surface area contributed by atoms with Gasteiger partial charge in [-0.25, -0.2) is 4.68 Å². The van der Waals surface area contributed by atoms with E-state index in [1.54, 1.807) is 0 Å². The van der Waals surface area contributed by atoms with Gasteiger partial charge in [0.05, 0.1) is 11.9 Å². The van der Waals surface area contributed by atoms with Gasteiger partial charge in [-0.1, -0.05) is 72.3 Å². The third kappa shape index (κ3) is 5.33. The Kier molecular flexibility index (Phi) is 6.51. The van der Waals surface area contributed by atoms with Gasteiger partial charge in [0.25, 0.3) is 0 Å². The number of rotatable bonds is 6. The summed E-state index contributed by atoms with van der Waals surface area (Å²) in [4.78, 5) is 2.46. The summed E-state index contributed by atoms with van der Waals surface area (Å²) < 4.78 is 1.92. The molecule has 0 bridgehead atoms. The summed E-state index contributed by atoms with van der Waals surface area (Å²) in [6.07, 6.45) is 4.00. The van der Waals surface area contributed by atoms with Crippen molar-refractivity contribution >= 4 is 17.8 Å². The van der Waals surface area contributed by atoms with Crippen LogP contribution in [0.5, 0.6) is 0 Å². The Balaban J connectivity index is 1.29. The molecule has 33 heavy (non-hydrogen) atoms. The quantitative estimate of drug-likeness (QED) is 0.368. The normalized spacial score (nSPS) is 14.8. The maximum Gasteiger partial charge on any atom is 0.102 e. The molecule has 0 radical (unpaired) electrons. The van der Waals surface area contributed by atoms with Crippen LogP contribution in [0, 0.1) is 0 Å². The van der Waals surface area contributed by atoms with Crippen LogP contribution in [0.1, 0.15) is 11.1 Å². The van der Waals surface area contributed by atoms with Gasteiger partial charge in [-0.05, 0) is 29.8 Å². The number of piperazine rings is 1. The summed E-state index contributed by atoms with van der Waals surface area (Å²) in [7, 11) is 0. The maximum absolute atomic E-state index is 6.00. The van der Waals surface area contributed by atoms with E-state index in [1.165, 1.54) is 5.56 Å². The molecule has 1 aromatic heterocycles. The van der Waals surface area contributed by atoms with Gasteiger partial charge < -0.3 is 0 Å². The zero-order valence-corrected chi connectivity index (χ0v) is 19.1. The second-order valence-electron chi connectivity index (χ2n) is 8.18. The minimum Gasteiger partial charge on any atom is -0.295 e. The summed E-state index contributed by atoms with van der Waals surface area (Å²) in [5.74, 6) is 0. The van der Waals surface area contributed by atoms with Gasteiger partial charge in [0.15, 0.2) is 0 Å². The van der Waals surface area contributed by atoms with E-state index in [0.29, 0.717) is 0 Å². The molecule has 0 atom stereocenters. The number of benzene rings is 3. The van der Waals surface area contributed by atoms with Crippen molar-refractivity contribution in [3.63, 3.8) is 0 Å². The minimum atomic E-state index is 0.781. The first-order valence-electron chi connectivity index (χ1n) is 11.2. The van der Waals surface area contributed by atoms with Gasteiger partial charge in [0.1, 0.15) is 5.69 Å². The average molecular weight is 456 g/mol. The summed E-state index contributed by atoms with van der Waals surface area (Å²) in [5.41, 5.74) is 5.35. The molecule has 5 rings (SSSR count). The Bertz CT molecular complexity index is 1190. The van der Waals surface area contributed by atoms with Gasteiger partial charge in [-0.15, -0.1) is 0 Å². The number of hydrogen-bond donors (Lipinski definition) is 0. The number of halogens is 1. The van der Waals surface area contributed by atoms with Crippen LogP contribution in [0.4, 0.5) is 0 Å². The fraction of sp³-hybridized carbons (Fsp3) is 0.185. The third-order valence-electron chi connectivity index (χ3n) is 5.84. The smallest absolute Gasteiger partial charge is 0.102 e. The van der Waals surface area contributed by atoms with Crippen LogP contribution < -0.4 is 0 Å². The van der Waals surface area contributed by atoms with Crippen LogP contribution >= 0.6 is 11.6 Å². The Hall–Kier alpha value is -3.41. The molecular formula is C27H26ClN5. The molecule has 166 valence electrons.